The van der Waals surface area contributed by atoms with E-state index in [0.717, 1.165) is 25.9 Å². The van der Waals surface area contributed by atoms with Crippen LogP contribution in [0.25, 0.3) is 0 Å². The quantitative estimate of drug-likeness (QED) is 0.834. The first-order valence-electron chi connectivity index (χ1n) is 7.20. The molecule has 4 nitrogen and oxygen atoms in total. The summed E-state index contributed by atoms with van der Waals surface area (Å²) in [7, 11) is 0. The largest absolute Gasteiger partial charge is 0.403 e. The molecular weight excluding hydrogens is 307 g/mol. The number of amides is 1. The maximum Gasteiger partial charge on any atom is 0.403 e. The highest BCUT2D eigenvalue weighted by Gasteiger charge is 2.41. The van der Waals surface area contributed by atoms with Crippen LogP contribution in [-0.2, 0) is 4.79 Å². The molecule has 0 saturated carbocycles. The second-order valence-corrected chi connectivity index (χ2v) is 5.60. The molecule has 2 aliphatic rings. The van der Waals surface area contributed by atoms with Crippen LogP contribution in [0.2, 0.25) is 0 Å². The third-order valence-electron chi connectivity index (χ3n) is 4.34. The molecule has 0 radical (unpaired) electrons. The van der Waals surface area contributed by atoms with Gasteiger partial charge in [-0.25, -0.2) is 0 Å². The lowest BCUT2D eigenvalue weighted by molar-refractivity contribution is -0.183. The maximum atomic E-state index is 12.7. The lowest BCUT2D eigenvalue weighted by Crippen LogP contribution is -2.56. The smallest absolute Gasteiger partial charge is 0.340 e. The van der Waals surface area contributed by atoms with E-state index in [4.69, 9.17) is 0 Å². The standard InChI is InChI=1S/C13H22F3N3O.ClH/c1-10(13(14,15)16)18-6-8-19(9-7-18)12(20)11-2-4-17-5-3-11;/h10-11,17H,2-9H2,1H3;1H. The number of alkyl halides is 3. The average Bonchev–Trinajstić information content (AvgIpc) is 2.46. The van der Waals surface area contributed by atoms with Gasteiger partial charge in [0.15, 0.2) is 0 Å². The highest BCUT2D eigenvalue weighted by atomic mass is 35.5. The Labute approximate surface area is 129 Å². The average molecular weight is 330 g/mol. The van der Waals surface area contributed by atoms with Crippen molar-refractivity contribution in [1.82, 2.24) is 15.1 Å². The minimum absolute atomic E-state index is 0. The number of nitrogens with zero attached hydrogens (tertiary/aromatic N) is 2. The van der Waals surface area contributed by atoms with E-state index in [1.165, 1.54) is 11.8 Å². The normalized spacial score (nSPS) is 23.5. The zero-order chi connectivity index (χ0) is 14.8. The highest BCUT2D eigenvalue weighted by molar-refractivity contribution is 5.85. The van der Waals surface area contributed by atoms with Crippen LogP contribution in [0.5, 0.6) is 0 Å². The van der Waals surface area contributed by atoms with Crippen molar-refractivity contribution in [2.24, 2.45) is 5.92 Å². The van der Waals surface area contributed by atoms with Crippen LogP contribution < -0.4 is 5.32 Å². The van der Waals surface area contributed by atoms with Crippen molar-refractivity contribution in [3.8, 4) is 0 Å². The van der Waals surface area contributed by atoms with Gasteiger partial charge in [0.05, 0.1) is 0 Å². The summed E-state index contributed by atoms with van der Waals surface area (Å²) in [5.74, 6) is 0.161. The van der Waals surface area contributed by atoms with E-state index >= 15 is 0 Å². The predicted octanol–water partition coefficient (Wildman–Crippen LogP) is 1.50. The van der Waals surface area contributed by atoms with Crippen LogP contribution in [-0.4, -0.2) is 67.2 Å². The molecule has 2 heterocycles. The van der Waals surface area contributed by atoms with Crippen LogP contribution in [0.1, 0.15) is 19.8 Å². The Morgan fingerprint density at radius 3 is 2.14 bits per heavy atom. The van der Waals surface area contributed by atoms with Gasteiger partial charge < -0.3 is 10.2 Å². The number of hydrogen-bond donors (Lipinski definition) is 1. The molecule has 2 saturated heterocycles. The van der Waals surface area contributed by atoms with Crippen molar-refractivity contribution < 1.29 is 18.0 Å². The third kappa shape index (κ3) is 4.72. The molecule has 0 aromatic carbocycles. The molecule has 0 bridgehead atoms. The molecular formula is C13H23ClF3N3O. The number of rotatable bonds is 2. The second kappa shape index (κ2) is 7.65. The number of piperazine rings is 1. The molecule has 0 spiro atoms. The van der Waals surface area contributed by atoms with Gasteiger partial charge in [0.1, 0.15) is 6.04 Å². The summed E-state index contributed by atoms with van der Waals surface area (Å²) in [6.07, 6.45) is -2.53. The molecule has 1 unspecified atom stereocenters. The van der Waals surface area contributed by atoms with Gasteiger partial charge in [-0.05, 0) is 32.9 Å². The predicted molar refractivity (Wildman–Crippen MR) is 76.5 cm³/mol. The van der Waals surface area contributed by atoms with Crippen molar-refractivity contribution in [2.75, 3.05) is 39.3 Å². The van der Waals surface area contributed by atoms with E-state index in [1.807, 2.05) is 0 Å². The second-order valence-electron chi connectivity index (χ2n) is 5.60. The zero-order valence-corrected chi connectivity index (χ0v) is 13.0. The van der Waals surface area contributed by atoms with Gasteiger partial charge in [-0.2, -0.15) is 13.2 Å². The highest BCUT2D eigenvalue weighted by Crippen LogP contribution is 2.25. The van der Waals surface area contributed by atoms with Crippen LogP contribution in [0.3, 0.4) is 0 Å². The van der Waals surface area contributed by atoms with Gasteiger partial charge in [-0.3, -0.25) is 9.69 Å². The Morgan fingerprint density at radius 2 is 1.67 bits per heavy atom. The first-order chi connectivity index (χ1) is 9.39. The Hall–Kier alpha value is -0.530. The van der Waals surface area contributed by atoms with Crippen LogP contribution in [0, 0.1) is 5.92 Å². The van der Waals surface area contributed by atoms with Gasteiger partial charge in [0, 0.05) is 32.1 Å². The molecule has 0 aliphatic carbocycles. The molecule has 0 aromatic heterocycles. The maximum absolute atomic E-state index is 12.7. The molecule has 0 aromatic rings. The van der Waals surface area contributed by atoms with Crippen molar-refractivity contribution in [2.45, 2.75) is 32.0 Å². The molecule has 2 aliphatic heterocycles. The van der Waals surface area contributed by atoms with Crippen molar-refractivity contribution in [1.29, 1.82) is 0 Å². The molecule has 1 amide bonds. The number of piperidine rings is 1. The lowest BCUT2D eigenvalue weighted by Gasteiger charge is -2.40. The molecule has 1 N–H and O–H groups in total. The van der Waals surface area contributed by atoms with E-state index in [9.17, 15) is 18.0 Å². The van der Waals surface area contributed by atoms with Crippen molar-refractivity contribution in [3.63, 3.8) is 0 Å². The van der Waals surface area contributed by atoms with E-state index in [0.29, 0.717) is 26.2 Å². The fourth-order valence-corrected chi connectivity index (χ4v) is 2.86. The van der Waals surface area contributed by atoms with E-state index in [2.05, 4.69) is 5.32 Å². The number of carbonyl (C=O) groups is 1. The third-order valence-corrected chi connectivity index (χ3v) is 4.34. The Morgan fingerprint density at radius 1 is 1.14 bits per heavy atom. The van der Waals surface area contributed by atoms with Gasteiger partial charge in [0.2, 0.25) is 5.91 Å². The summed E-state index contributed by atoms with van der Waals surface area (Å²) in [4.78, 5) is 15.4. The first kappa shape index (κ1) is 18.5. The van der Waals surface area contributed by atoms with Gasteiger partial charge in [-0.15, -0.1) is 12.4 Å². The Kier molecular flexibility index (Phi) is 6.74. The zero-order valence-electron chi connectivity index (χ0n) is 12.2. The number of halogens is 4. The molecule has 21 heavy (non-hydrogen) atoms. The first-order valence-corrected chi connectivity index (χ1v) is 7.20. The molecule has 2 fully saturated rings. The summed E-state index contributed by atoms with van der Waals surface area (Å²) in [5, 5.41) is 3.21. The summed E-state index contributed by atoms with van der Waals surface area (Å²) >= 11 is 0. The lowest BCUT2D eigenvalue weighted by atomic mass is 9.96. The van der Waals surface area contributed by atoms with Crippen molar-refractivity contribution in [3.05, 3.63) is 0 Å². The monoisotopic (exact) mass is 329 g/mol. The number of hydrogen-bond acceptors (Lipinski definition) is 3. The molecule has 8 heteroatoms. The molecule has 124 valence electrons. The summed E-state index contributed by atoms with van der Waals surface area (Å²) < 4.78 is 38.0. The van der Waals surface area contributed by atoms with E-state index in [-0.39, 0.29) is 24.2 Å². The van der Waals surface area contributed by atoms with Gasteiger partial charge in [-0.1, -0.05) is 0 Å². The fourth-order valence-electron chi connectivity index (χ4n) is 2.86. The van der Waals surface area contributed by atoms with E-state index in [1.54, 1.807) is 4.90 Å². The fraction of sp³-hybridized carbons (Fsp3) is 0.923. The minimum Gasteiger partial charge on any atom is -0.340 e. The minimum atomic E-state index is -4.19. The Balaban J connectivity index is 0.00000220. The van der Waals surface area contributed by atoms with Crippen LogP contribution in [0.15, 0.2) is 0 Å². The van der Waals surface area contributed by atoms with Crippen molar-refractivity contribution >= 4 is 18.3 Å². The SMILES string of the molecule is CC(N1CCN(C(=O)C2CCNCC2)CC1)C(F)(F)F.Cl. The van der Waals surface area contributed by atoms with E-state index < -0.39 is 12.2 Å². The van der Waals surface area contributed by atoms with Gasteiger partial charge in [0.25, 0.3) is 0 Å². The summed E-state index contributed by atoms with van der Waals surface area (Å²) in [6, 6.07) is -1.43. The number of nitrogens with one attached hydrogen (secondary N) is 1. The molecule has 2 rings (SSSR count). The van der Waals surface area contributed by atoms with Crippen LogP contribution >= 0.6 is 12.4 Å². The van der Waals surface area contributed by atoms with Gasteiger partial charge >= 0.3 is 6.18 Å². The molecule has 1 atom stereocenters. The van der Waals surface area contributed by atoms with Crippen LogP contribution in [0.4, 0.5) is 13.2 Å². The summed E-state index contributed by atoms with van der Waals surface area (Å²) in [5.41, 5.74) is 0. The Bertz CT molecular complexity index is 340. The summed E-state index contributed by atoms with van der Waals surface area (Å²) in [6.45, 7) is 4.30. The topological polar surface area (TPSA) is 35.6 Å². The number of carbonyl (C=O) groups excluding carboxylic acids is 1.